The SMILES string of the molecule is COc1ccc(CCN2C(=O)NC(=O)C3(Cc4ccccc4N4CCCC43)C2=O)cc1OC. The summed E-state index contributed by atoms with van der Waals surface area (Å²) in [6.07, 6.45) is 2.38. The summed E-state index contributed by atoms with van der Waals surface area (Å²) < 4.78 is 10.6. The highest BCUT2D eigenvalue weighted by Gasteiger charge is 2.62. The van der Waals surface area contributed by atoms with Crippen molar-refractivity contribution in [3.63, 3.8) is 0 Å². The number of para-hydroxylation sites is 1. The zero-order valence-electron chi connectivity index (χ0n) is 18.8. The smallest absolute Gasteiger partial charge is 0.330 e. The molecule has 2 saturated heterocycles. The number of rotatable bonds is 5. The Labute approximate surface area is 192 Å². The van der Waals surface area contributed by atoms with Gasteiger partial charge in [0.25, 0.3) is 0 Å². The van der Waals surface area contributed by atoms with Gasteiger partial charge in [0.2, 0.25) is 11.8 Å². The molecule has 0 bridgehead atoms. The molecular formula is C25H27N3O5. The monoisotopic (exact) mass is 449 g/mol. The number of fused-ring (bicyclic) bond motifs is 4. The van der Waals surface area contributed by atoms with Crippen LogP contribution in [0.5, 0.6) is 11.5 Å². The largest absolute Gasteiger partial charge is 0.493 e. The minimum Gasteiger partial charge on any atom is -0.493 e. The number of barbiturate groups is 1. The molecule has 8 heteroatoms. The maximum atomic E-state index is 13.9. The molecule has 8 nitrogen and oxygen atoms in total. The molecule has 172 valence electrons. The van der Waals surface area contributed by atoms with Crippen LogP contribution in [-0.4, -0.2) is 56.1 Å². The van der Waals surface area contributed by atoms with Gasteiger partial charge in [-0.2, -0.15) is 0 Å². The molecule has 3 aliphatic rings. The summed E-state index contributed by atoms with van der Waals surface area (Å²) in [6.45, 7) is 0.965. The summed E-state index contributed by atoms with van der Waals surface area (Å²) in [5.41, 5.74) is 1.65. The Bertz CT molecular complexity index is 1130. The lowest BCUT2D eigenvalue weighted by molar-refractivity contribution is -0.153. The summed E-state index contributed by atoms with van der Waals surface area (Å²) >= 11 is 0. The van der Waals surface area contributed by atoms with Gasteiger partial charge < -0.3 is 14.4 Å². The Morgan fingerprint density at radius 1 is 1.06 bits per heavy atom. The molecule has 1 N–H and O–H groups in total. The lowest BCUT2D eigenvalue weighted by Gasteiger charge is -2.49. The van der Waals surface area contributed by atoms with E-state index in [-0.39, 0.29) is 12.6 Å². The third-order valence-corrected chi connectivity index (χ3v) is 7.16. The van der Waals surface area contributed by atoms with Crippen molar-refractivity contribution in [1.82, 2.24) is 10.2 Å². The molecule has 1 spiro atoms. The second-order valence-electron chi connectivity index (χ2n) is 8.78. The molecule has 5 rings (SSSR count). The second-order valence-corrected chi connectivity index (χ2v) is 8.78. The molecule has 33 heavy (non-hydrogen) atoms. The van der Waals surface area contributed by atoms with E-state index in [2.05, 4.69) is 10.2 Å². The van der Waals surface area contributed by atoms with Crippen LogP contribution in [0.15, 0.2) is 42.5 Å². The number of methoxy groups -OCH3 is 2. The molecule has 3 aliphatic heterocycles. The van der Waals surface area contributed by atoms with Crippen LogP contribution in [0.2, 0.25) is 0 Å². The van der Waals surface area contributed by atoms with Gasteiger partial charge in [0.05, 0.1) is 20.3 Å². The van der Waals surface area contributed by atoms with Gasteiger partial charge in [-0.05, 0) is 55.0 Å². The number of amides is 4. The standard InChI is InChI=1S/C25H27N3O5/c1-32-19-10-9-16(14-20(19)33-2)11-13-28-23(30)25(22(29)26-24(28)31)15-17-6-3-4-7-18(17)27-12-5-8-21(25)27/h3-4,6-7,9-10,14,21H,5,8,11-13,15H2,1-2H3,(H,26,29,31). The number of carbonyl (C=O) groups is 3. The predicted octanol–water partition coefficient (Wildman–Crippen LogP) is 2.54. The first-order chi connectivity index (χ1) is 16.0. The Morgan fingerprint density at radius 2 is 1.85 bits per heavy atom. The Kier molecular flexibility index (Phi) is 5.23. The number of hydrogen-bond donors (Lipinski definition) is 1. The van der Waals surface area contributed by atoms with Gasteiger partial charge >= 0.3 is 6.03 Å². The molecule has 2 unspecified atom stereocenters. The first-order valence-electron chi connectivity index (χ1n) is 11.2. The predicted molar refractivity (Wildman–Crippen MR) is 121 cm³/mol. The molecular weight excluding hydrogens is 422 g/mol. The van der Waals surface area contributed by atoms with Crippen LogP contribution in [0.3, 0.4) is 0 Å². The highest BCUT2D eigenvalue weighted by atomic mass is 16.5. The fourth-order valence-electron chi connectivity index (χ4n) is 5.56. The van der Waals surface area contributed by atoms with Crippen molar-refractivity contribution in [1.29, 1.82) is 0 Å². The van der Waals surface area contributed by atoms with E-state index in [0.29, 0.717) is 24.3 Å². The van der Waals surface area contributed by atoms with Crippen LogP contribution in [0.1, 0.15) is 24.0 Å². The molecule has 3 heterocycles. The minimum absolute atomic E-state index is 0.170. The van der Waals surface area contributed by atoms with Gasteiger partial charge in [0.1, 0.15) is 0 Å². The summed E-state index contributed by atoms with van der Waals surface area (Å²) in [4.78, 5) is 43.3. The number of nitrogens with zero attached hydrogens (tertiary/aromatic N) is 2. The lowest BCUT2D eigenvalue weighted by Crippen LogP contribution is -2.71. The van der Waals surface area contributed by atoms with Crippen LogP contribution in [0.4, 0.5) is 10.5 Å². The third-order valence-electron chi connectivity index (χ3n) is 7.16. The normalized spacial score (nSPS) is 23.9. The number of ether oxygens (including phenoxy) is 2. The minimum atomic E-state index is -1.30. The fraction of sp³-hybridized carbons (Fsp3) is 0.400. The molecule has 0 aromatic heterocycles. The maximum Gasteiger partial charge on any atom is 0.330 e. The van der Waals surface area contributed by atoms with Gasteiger partial charge in [0, 0.05) is 18.8 Å². The number of imide groups is 2. The average Bonchev–Trinajstić information content (AvgIpc) is 3.33. The third kappa shape index (κ3) is 3.23. The maximum absolute atomic E-state index is 13.9. The lowest BCUT2D eigenvalue weighted by atomic mass is 9.68. The summed E-state index contributed by atoms with van der Waals surface area (Å²) in [5, 5.41) is 2.50. The Hall–Kier alpha value is -3.55. The summed E-state index contributed by atoms with van der Waals surface area (Å²) in [5.74, 6) is 0.316. The van der Waals surface area contributed by atoms with Crippen LogP contribution in [-0.2, 0) is 22.4 Å². The molecule has 0 saturated carbocycles. The number of anilines is 1. The zero-order valence-corrected chi connectivity index (χ0v) is 18.8. The van der Waals surface area contributed by atoms with Crippen LogP contribution >= 0.6 is 0 Å². The first kappa shape index (κ1) is 21.3. The van der Waals surface area contributed by atoms with Crippen molar-refractivity contribution in [2.75, 3.05) is 32.2 Å². The average molecular weight is 450 g/mol. The van der Waals surface area contributed by atoms with E-state index in [4.69, 9.17) is 9.47 Å². The zero-order chi connectivity index (χ0) is 23.2. The van der Waals surface area contributed by atoms with E-state index < -0.39 is 23.3 Å². The number of benzene rings is 2. The summed E-state index contributed by atoms with van der Waals surface area (Å²) in [6, 6.07) is 12.5. The fourth-order valence-corrected chi connectivity index (χ4v) is 5.56. The van der Waals surface area contributed by atoms with Gasteiger partial charge in [-0.1, -0.05) is 24.3 Å². The number of nitrogens with one attached hydrogen (secondary N) is 1. The van der Waals surface area contributed by atoms with E-state index in [1.54, 1.807) is 20.3 Å². The van der Waals surface area contributed by atoms with Crippen LogP contribution in [0, 0.1) is 5.41 Å². The van der Waals surface area contributed by atoms with E-state index >= 15 is 0 Å². The highest BCUT2D eigenvalue weighted by Crippen LogP contribution is 2.48. The van der Waals surface area contributed by atoms with E-state index in [9.17, 15) is 14.4 Å². The van der Waals surface area contributed by atoms with Crippen molar-refractivity contribution in [3.8, 4) is 11.5 Å². The van der Waals surface area contributed by atoms with Crippen LogP contribution in [0.25, 0.3) is 0 Å². The Morgan fingerprint density at radius 3 is 2.64 bits per heavy atom. The van der Waals surface area contributed by atoms with Crippen molar-refractivity contribution < 1.29 is 23.9 Å². The molecule has 4 amide bonds. The van der Waals surface area contributed by atoms with Crippen LogP contribution < -0.4 is 19.7 Å². The van der Waals surface area contributed by atoms with E-state index in [0.717, 1.165) is 36.2 Å². The van der Waals surface area contributed by atoms with Gasteiger partial charge in [0.15, 0.2) is 16.9 Å². The van der Waals surface area contributed by atoms with Crippen molar-refractivity contribution in [2.45, 2.75) is 31.7 Å². The van der Waals surface area contributed by atoms with Crippen molar-refractivity contribution >= 4 is 23.5 Å². The quantitative estimate of drug-likeness (QED) is 0.706. The number of hydrogen-bond acceptors (Lipinski definition) is 6. The molecule has 2 atom stereocenters. The number of urea groups is 1. The van der Waals surface area contributed by atoms with Crippen molar-refractivity contribution in [2.24, 2.45) is 5.41 Å². The molecule has 2 aromatic carbocycles. The molecule has 0 radical (unpaired) electrons. The van der Waals surface area contributed by atoms with Gasteiger partial charge in [-0.25, -0.2) is 4.79 Å². The summed E-state index contributed by atoms with van der Waals surface area (Å²) in [7, 11) is 3.13. The van der Waals surface area contributed by atoms with E-state index in [1.165, 1.54) is 4.90 Å². The topological polar surface area (TPSA) is 88.2 Å². The first-order valence-corrected chi connectivity index (χ1v) is 11.2. The highest BCUT2D eigenvalue weighted by molar-refractivity contribution is 6.20. The van der Waals surface area contributed by atoms with E-state index in [1.807, 2.05) is 36.4 Å². The molecule has 0 aliphatic carbocycles. The number of carbonyl (C=O) groups excluding carboxylic acids is 3. The molecule has 2 aromatic rings. The van der Waals surface area contributed by atoms with Gasteiger partial charge in [-0.15, -0.1) is 0 Å². The van der Waals surface area contributed by atoms with Crippen molar-refractivity contribution in [3.05, 3.63) is 53.6 Å². The Balaban J connectivity index is 1.45. The van der Waals surface area contributed by atoms with Gasteiger partial charge in [-0.3, -0.25) is 19.8 Å². The molecule has 2 fully saturated rings. The second kappa shape index (κ2) is 8.10.